The quantitative estimate of drug-likeness (QED) is 0.460. The van der Waals surface area contributed by atoms with Gasteiger partial charge in [0.2, 0.25) is 0 Å². The minimum Gasteiger partial charge on any atom is -0.465 e. The lowest BCUT2D eigenvalue weighted by Gasteiger charge is -2.38. The van der Waals surface area contributed by atoms with Gasteiger partial charge in [-0.05, 0) is 20.3 Å². The number of carbonyl (C=O) groups is 1. The van der Waals surface area contributed by atoms with Gasteiger partial charge in [0, 0.05) is 12.1 Å². The number of piperazine rings is 1. The van der Waals surface area contributed by atoms with Crippen molar-refractivity contribution in [2.24, 2.45) is 0 Å². The number of ether oxygens (including phenoxy) is 1. The second-order valence-electron chi connectivity index (χ2n) is 3.77. The summed E-state index contributed by atoms with van der Waals surface area (Å²) in [7, 11) is 0. The van der Waals surface area contributed by atoms with E-state index in [0.717, 1.165) is 6.42 Å². The largest absolute Gasteiger partial charge is 0.465 e. The first-order valence-electron chi connectivity index (χ1n) is 5.42. The fourth-order valence-corrected chi connectivity index (χ4v) is 2.21. The van der Waals surface area contributed by atoms with Crippen LogP contribution in [0.4, 0.5) is 0 Å². The monoisotopic (exact) mass is 278 g/mol. The molecule has 0 aliphatic carbocycles. The molecule has 1 saturated heterocycles. The first kappa shape index (κ1) is 12.9. The van der Waals surface area contributed by atoms with Crippen molar-refractivity contribution in [3.05, 3.63) is 0 Å². The molecule has 4 atom stereocenters. The van der Waals surface area contributed by atoms with Gasteiger partial charge in [0.05, 0.1) is 11.6 Å². The van der Waals surface area contributed by atoms with Crippen LogP contribution in [0, 0.1) is 0 Å². The zero-order chi connectivity index (χ0) is 11.4. The third-order valence-corrected chi connectivity index (χ3v) is 3.69. The summed E-state index contributed by atoms with van der Waals surface area (Å²) in [6.07, 6.45) is 0.903. The second kappa shape index (κ2) is 5.82. The van der Waals surface area contributed by atoms with Gasteiger partial charge < -0.3 is 10.1 Å². The summed E-state index contributed by atoms with van der Waals surface area (Å²) in [4.78, 5) is 11.8. The molecule has 2 N–H and O–H groups in total. The molecule has 0 radical (unpaired) electrons. The molecule has 4 nitrogen and oxygen atoms in total. The highest BCUT2D eigenvalue weighted by molar-refractivity contribution is 9.09. The first-order chi connectivity index (χ1) is 7.10. The van der Waals surface area contributed by atoms with E-state index in [1.54, 1.807) is 0 Å². The average Bonchev–Trinajstić information content (AvgIpc) is 2.21. The van der Waals surface area contributed by atoms with E-state index in [1.807, 2.05) is 6.92 Å². The van der Waals surface area contributed by atoms with Crippen molar-refractivity contribution in [2.45, 2.75) is 50.3 Å². The number of halogens is 1. The van der Waals surface area contributed by atoms with Crippen LogP contribution in [-0.2, 0) is 9.53 Å². The van der Waals surface area contributed by atoms with Gasteiger partial charge in [-0.15, -0.1) is 0 Å². The molecule has 0 aromatic carbocycles. The van der Waals surface area contributed by atoms with Crippen LogP contribution < -0.4 is 10.6 Å². The fourth-order valence-electron chi connectivity index (χ4n) is 1.77. The van der Waals surface area contributed by atoms with Gasteiger partial charge in [-0.3, -0.25) is 10.1 Å². The van der Waals surface area contributed by atoms with E-state index in [2.05, 4.69) is 40.4 Å². The Kier molecular flexibility index (Phi) is 5.02. The molecular weight excluding hydrogens is 260 g/mol. The first-order valence-corrected chi connectivity index (χ1v) is 6.34. The summed E-state index contributed by atoms with van der Waals surface area (Å²) >= 11 is 3.49. The van der Waals surface area contributed by atoms with Crippen LogP contribution in [0.1, 0.15) is 27.2 Å². The van der Waals surface area contributed by atoms with Crippen molar-refractivity contribution in [2.75, 3.05) is 6.61 Å². The molecule has 15 heavy (non-hydrogen) atoms. The van der Waals surface area contributed by atoms with E-state index >= 15 is 0 Å². The molecule has 1 heterocycles. The number of nitrogens with one attached hydrogen (secondary N) is 2. The lowest BCUT2D eigenvalue weighted by atomic mass is 10.0. The maximum Gasteiger partial charge on any atom is 0.324 e. The number of esters is 1. The fraction of sp³-hybridized carbons (Fsp3) is 0.900. The molecule has 0 spiro atoms. The molecule has 1 aliphatic rings. The zero-order valence-corrected chi connectivity index (χ0v) is 11.0. The Bertz CT molecular complexity index is 225. The summed E-state index contributed by atoms with van der Waals surface area (Å²) in [5.41, 5.74) is 0. The van der Waals surface area contributed by atoms with E-state index in [0.29, 0.717) is 12.6 Å². The number of carbonyl (C=O) groups excluding carboxylic acids is 1. The van der Waals surface area contributed by atoms with Crippen LogP contribution in [0.2, 0.25) is 0 Å². The SMILES string of the molecule is CCOC(=O)C1NC(Br)C(C)NC1CC. The lowest BCUT2D eigenvalue weighted by Crippen LogP contribution is -2.65. The van der Waals surface area contributed by atoms with Crippen LogP contribution in [-0.4, -0.2) is 35.7 Å². The number of alkyl halides is 1. The molecule has 0 amide bonds. The molecule has 0 bridgehead atoms. The van der Waals surface area contributed by atoms with Crippen LogP contribution in [0.3, 0.4) is 0 Å². The molecule has 1 fully saturated rings. The van der Waals surface area contributed by atoms with Gasteiger partial charge in [-0.25, -0.2) is 0 Å². The minimum absolute atomic E-state index is 0.106. The molecule has 0 saturated carbocycles. The number of rotatable bonds is 3. The summed E-state index contributed by atoms with van der Waals surface area (Å²) < 4.78 is 5.03. The molecule has 1 rings (SSSR count). The van der Waals surface area contributed by atoms with E-state index in [4.69, 9.17) is 4.74 Å². The summed E-state index contributed by atoms with van der Waals surface area (Å²) in [5, 5.41) is 6.63. The van der Waals surface area contributed by atoms with Gasteiger partial charge in [0.1, 0.15) is 6.04 Å². The Morgan fingerprint density at radius 1 is 1.40 bits per heavy atom. The van der Waals surface area contributed by atoms with Gasteiger partial charge in [0.15, 0.2) is 0 Å². The normalized spacial score (nSPS) is 36.3. The highest BCUT2D eigenvalue weighted by Crippen LogP contribution is 2.15. The molecule has 5 heteroatoms. The van der Waals surface area contributed by atoms with Crippen molar-refractivity contribution in [3.8, 4) is 0 Å². The number of hydrogen-bond acceptors (Lipinski definition) is 4. The Balaban J connectivity index is 2.64. The molecule has 4 unspecified atom stereocenters. The molecule has 0 aromatic heterocycles. The highest BCUT2D eigenvalue weighted by Gasteiger charge is 2.36. The van der Waals surface area contributed by atoms with Gasteiger partial charge >= 0.3 is 5.97 Å². The maximum atomic E-state index is 11.7. The summed E-state index contributed by atoms with van der Waals surface area (Å²) in [5.74, 6) is -0.173. The predicted molar refractivity (Wildman–Crippen MR) is 62.9 cm³/mol. The summed E-state index contributed by atoms with van der Waals surface area (Å²) in [6, 6.07) is 0.198. The van der Waals surface area contributed by atoms with Gasteiger partial charge in [-0.1, -0.05) is 22.9 Å². The van der Waals surface area contributed by atoms with Crippen molar-refractivity contribution in [1.29, 1.82) is 0 Å². The van der Waals surface area contributed by atoms with Gasteiger partial charge in [-0.2, -0.15) is 0 Å². The van der Waals surface area contributed by atoms with Gasteiger partial charge in [0.25, 0.3) is 0 Å². The van der Waals surface area contributed by atoms with Crippen molar-refractivity contribution >= 4 is 21.9 Å². The maximum absolute atomic E-state index is 11.7. The smallest absolute Gasteiger partial charge is 0.324 e. The number of hydrogen-bond donors (Lipinski definition) is 2. The van der Waals surface area contributed by atoms with Crippen LogP contribution in [0.5, 0.6) is 0 Å². The Morgan fingerprint density at radius 3 is 2.60 bits per heavy atom. The zero-order valence-electron chi connectivity index (χ0n) is 9.42. The molecule has 0 aromatic rings. The standard InChI is InChI=1S/C10H19BrN2O2/c1-4-7-8(10(14)15-5-2)13-9(11)6(3)12-7/h6-9,12-13H,4-5H2,1-3H3. The van der Waals surface area contributed by atoms with Crippen molar-refractivity contribution in [3.63, 3.8) is 0 Å². The summed E-state index contributed by atoms with van der Waals surface area (Å²) in [6.45, 7) is 6.39. The van der Waals surface area contributed by atoms with Crippen LogP contribution in [0.15, 0.2) is 0 Å². The van der Waals surface area contributed by atoms with E-state index in [-0.39, 0.29) is 23.0 Å². The molecule has 1 aliphatic heterocycles. The second-order valence-corrected chi connectivity index (χ2v) is 4.75. The van der Waals surface area contributed by atoms with Crippen molar-refractivity contribution in [1.82, 2.24) is 10.6 Å². The van der Waals surface area contributed by atoms with Crippen LogP contribution >= 0.6 is 15.9 Å². The Morgan fingerprint density at radius 2 is 2.07 bits per heavy atom. The third-order valence-electron chi connectivity index (χ3n) is 2.64. The van der Waals surface area contributed by atoms with E-state index in [9.17, 15) is 4.79 Å². The van der Waals surface area contributed by atoms with Crippen LogP contribution in [0.25, 0.3) is 0 Å². The Hall–Kier alpha value is -0.130. The highest BCUT2D eigenvalue weighted by atomic mass is 79.9. The molecular formula is C10H19BrN2O2. The van der Waals surface area contributed by atoms with E-state index in [1.165, 1.54) is 0 Å². The molecule has 88 valence electrons. The topological polar surface area (TPSA) is 50.4 Å². The third kappa shape index (κ3) is 3.16. The lowest BCUT2D eigenvalue weighted by molar-refractivity contribution is -0.147. The van der Waals surface area contributed by atoms with Crippen molar-refractivity contribution < 1.29 is 9.53 Å². The minimum atomic E-state index is -0.254. The average molecular weight is 279 g/mol. The Labute approximate surface area is 99.3 Å². The van der Waals surface area contributed by atoms with E-state index < -0.39 is 0 Å². The predicted octanol–water partition coefficient (Wildman–Crippen LogP) is 0.999.